The zero-order valence-corrected chi connectivity index (χ0v) is 19.9. The fourth-order valence-corrected chi connectivity index (χ4v) is 4.25. The average Bonchev–Trinajstić information content (AvgIpc) is 3.15. The molecule has 0 aliphatic carbocycles. The summed E-state index contributed by atoms with van der Waals surface area (Å²) >= 11 is 4.68. The fourth-order valence-electron chi connectivity index (χ4n) is 3.37. The average molecular weight is 496 g/mol. The van der Waals surface area contributed by atoms with Crippen molar-refractivity contribution < 1.29 is 4.79 Å². The van der Waals surface area contributed by atoms with Crippen molar-refractivity contribution >= 4 is 45.1 Å². The van der Waals surface area contributed by atoms with E-state index in [4.69, 9.17) is 0 Å². The van der Waals surface area contributed by atoms with E-state index in [9.17, 15) is 4.79 Å². The smallest absolute Gasteiger partial charge is 0.253 e. The molecule has 0 fully saturated rings. The second kappa shape index (κ2) is 9.20. The number of nitrogens with one attached hydrogen (secondary N) is 1. The summed E-state index contributed by atoms with van der Waals surface area (Å²) < 4.78 is 2.74. The normalized spacial score (nSPS) is 11.1. The summed E-state index contributed by atoms with van der Waals surface area (Å²) in [6.45, 7) is 6.17. The van der Waals surface area contributed by atoms with E-state index in [-0.39, 0.29) is 11.7 Å². The Morgan fingerprint density at radius 3 is 2.55 bits per heavy atom. The molecule has 6 nitrogen and oxygen atoms in total. The van der Waals surface area contributed by atoms with Crippen molar-refractivity contribution in [1.29, 1.82) is 0 Å². The van der Waals surface area contributed by atoms with Gasteiger partial charge in [0.05, 0.1) is 5.75 Å². The Balaban J connectivity index is 1.50. The number of aromatic nitrogens is 4. The van der Waals surface area contributed by atoms with Gasteiger partial charge in [0.15, 0.2) is 0 Å². The quantitative estimate of drug-likeness (QED) is 0.375. The number of carbonyl (C=O) groups is 1. The molecule has 0 unspecified atom stereocenters. The van der Waals surface area contributed by atoms with E-state index in [1.54, 1.807) is 4.52 Å². The summed E-state index contributed by atoms with van der Waals surface area (Å²) in [6, 6.07) is 15.8. The molecule has 4 aromatic rings. The van der Waals surface area contributed by atoms with Gasteiger partial charge in [0.1, 0.15) is 0 Å². The molecular formula is C23H22BrN5OS. The lowest BCUT2D eigenvalue weighted by Gasteiger charge is -2.11. The lowest BCUT2D eigenvalue weighted by Crippen LogP contribution is -2.14. The van der Waals surface area contributed by atoms with Crippen LogP contribution in [-0.4, -0.2) is 31.2 Å². The number of carbonyl (C=O) groups excluding carboxylic acids is 1. The van der Waals surface area contributed by atoms with Gasteiger partial charge in [-0.1, -0.05) is 52.0 Å². The number of amides is 1. The molecule has 0 spiro atoms. The van der Waals surface area contributed by atoms with E-state index >= 15 is 0 Å². The van der Waals surface area contributed by atoms with E-state index in [0.29, 0.717) is 10.9 Å². The van der Waals surface area contributed by atoms with Gasteiger partial charge in [0.25, 0.3) is 5.78 Å². The molecule has 0 saturated carbocycles. The maximum absolute atomic E-state index is 12.3. The molecule has 1 amide bonds. The van der Waals surface area contributed by atoms with Crippen LogP contribution in [0.1, 0.15) is 28.1 Å². The molecule has 0 saturated heterocycles. The molecule has 4 rings (SSSR count). The van der Waals surface area contributed by atoms with Gasteiger partial charge >= 0.3 is 0 Å². The summed E-state index contributed by atoms with van der Waals surface area (Å²) in [7, 11) is 0. The largest absolute Gasteiger partial charge is 0.325 e. The molecule has 8 heteroatoms. The Hall–Kier alpha value is -2.71. The maximum atomic E-state index is 12.3. The van der Waals surface area contributed by atoms with Crippen LogP contribution in [0.4, 0.5) is 5.69 Å². The predicted octanol–water partition coefficient (Wildman–Crippen LogP) is 5.13. The number of hydrogen-bond acceptors (Lipinski definition) is 5. The zero-order valence-electron chi connectivity index (χ0n) is 17.5. The Bertz CT molecular complexity index is 1250. The summed E-state index contributed by atoms with van der Waals surface area (Å²) in [5.74, 6) is 0.674. The van der Waals surface area contributed by atoms with E-state index in [2.05, 4.69) is 61.4 Å². The number of rotatable bonds is 6. The Morgan fingerprint density at radius 2 is 1.81 bits per heavy atom. The van der Waals surface area contributed by atoms with Gasteiger partial charge < -0.3 is 5.32 Å². The highest BCUT2D eigenvalue weighted by Crippen LogP contribution is 2.22. The fraction of sp³-hybridized carbons (Fsp3) is 0.217. The van der Waals surface area contributed by atoms with Crippen molar-refractivity contribution in [3.63, 3.8) is 0 Å². The Labute approximate surface area is 193 Å². The first-order chi connectivity index (χ1) is 14.9. The molecule has 2 heterocycles. The third-order valence-corrected chi connectivity index (χ3v) is 6.48. The van der Waals surface area contributed by atoms with Gasteiger partial charge in [-0.2, -0.15) is 4.98 Å². The van der Waals surface area contributed by atoms with Crippen molar-refractivity contribution in [1.82, 2.24) is 19.6 Å². The van der Waals surface area contributed by atoms with E-state index in [1.165, 1.54) is 22.9 Å². The molecule has 0 aliphatic rings. The predicted molar refractivity (Wildman–Crippen MR) is 128 cm³/mol. The second-order valence-corrected chi connectivity index (χ2v) is 9.17. The van der Waals surface area contributed by atoms with E-state index in [1.807, 2.05) is 44.2 Å². The SMILES string of the molecule is Cc1ccccc1Cc1c(C)nc2nc(SCC(=O)Nc3ccc(Br)cc3)nn2c1C. The minimum Gasteiger partial charge on any atom is -0.325 e. The molecule has 2 aromatic carbocycles. The molecule has 2 aromatic heterocycles. The lowest BCUT2D eigenvalue weighted by atomic mass is 9.99. The Morgan fingerprint density at radius 1 is 1.06 bits per heavy atom. The van der Waals surface area contributed by atoms with Crippen LogP contribution in [0.5, 0.6) is 0 Å². The maximum Gasteiger partial charge on any atom is 0.253 e. The first-order valence-corrected chi connectivity index (χ1v) is 11.6. The molecule has 158 valence electrons. The first-order valence-electron chi connectivity index (χ1n) is 9.86. The number of nitrogens with zero attached hydrogens (tertiary/aromatic N) is 4. The molecule has 31 heavy (non-hydrogen) atoms. The van der Waals surface area contributed by atoms with Crippen molar-refractivity contribution in [2.75, 3.05) is 11.1 Å². The lowest BCUT2D eigenvalue weighted by molar-refractivity contribution is -0.113. The number of hydrogen-bond donors (Lipinski definition) is 1. The molecule has 0 atom stereocenters. The molecular weight excluding hydrogens is 474 g/mol. The van der Waals surface area contributed by atoms with Gasteiger partial charge in [-0.15, -0.1) is 5.10 Å². The van der Waals surface area contributed by atoms with Crippen LogP contribution in [0.25, 0.3) is 5.78 Å². The summed E-state index contributed by atoms with van der Waals surface area (Å²) in [5, 5.41) is 8.00. The molecule has 1 N–H and O–H groups in total. The highest BCUT2D eigenvalue weighted by molar-refractivity contribution is 9.10. The van der Waals surface area contributed by atoms with Crippen LogP contribution < -0.4 is 5.32 Å². The number of benzene rings is 2. The summed E-state index contributed by atoms with van der Waals surface area (Å²) in [4.78, 5) is 21.4. The molecule has 0 radical (unpaired) electrons. The van der Waals surface area contributed by atoms with Crippen molar-refractivity contribution in [2.24, 2.45) is 0 Å². The van der Waals surface area contributed by atoms with Gasteiger partial charge in [0.2, 0.25) is 11.1 Å². The van der Waals surface area contributed by atoms with Gasteiger partial charge in [-0.3, -0.25) is 4.79 Å². The minimum atomic E-state index is -0.104. The van der Waals surface area contributed by atoms with Crippen LogP contribution in [0.3, 0.4) is 0 Å². The van der Waals surface area contributed by atoms with Crippen molar-refractivity contribution in [2.45, 2.75) is 32.3 Å². The number of halogens is 1. The van der Waals surface area contributed by atoms with Crippen LogP contribution in [0, 0.1) is 20.8 Å². The van der Waals surface area contributed by atoms with Crippen molar-refractivity contribution in [3.8, 4) is 0 Å². The number of aryl methyl sites for hydroxylation is 3. The van der Waals surface area contributed by atoms with Crippen LogP contribution in [0.2, 0.25) is 0 Å². The zero-order chi connectivity index (χ0) is 22.0. The van der Waals surface area contributed by atoms with E-state index in [0.717, 1.165) is 33.5 Å². The van der Waals surface area contributed by atoms with Gasteiger partial charge in [-0.25, -0.2) is 9.50 Å². The number of fused-ring (bicyclic) bond motifs is 1. The van der Waals surface area contributed by atoms with Crippen LogP contribution in [-0.2, 0) is 11.2 Å². The monoisotopic (exact) mass is 495 g/mol. The number of anilines is 1. The van der Waals surface area contributed by atoms with Crippen molar-refractivity contribution in [3.05, 3.63) is 81.1 Å². The third-order valence-electron chi connectivity index (χ3n) is 5.12. The highest BCUT2D eigenvalue weighted by Gasteiger charge is 2.15. The van der Waals surface area contributed by atoms with Gasteiger partial charge in [0, 0.05) is 28.0 Å². The second-order valence-electron chi connectivity index (χ2n) is 7.31. The van der Waals surface area contributed by atoms with Gasteiger partial charge in [-0.05, 0) is 61.7 Å². The minimum absolute atomic E-state index is 0.104. The third kappa shape index (κ3) is 4.97. The number of thioether (sulfide) groups is 1. The topological polar surface area (TPSA) is 72.2 Å². The summed E-state index contributed by atoms with van der Waals surface area (Å²) in [6.07, 6.45) is 0.797. The standard InChI is InChI=1S/C23H22BrN5OS/c1-14-6-4-5-7-17(14)12-20-15(2)25-22-27-23(28-29(22)16(20)3)31-13-21(30)26-19-10-8-18(24)9-11-19/h4-11H,12-13H2,1-3H3,(H,26,30). The molecule has 0 aliphatic heterocycles. The van der Waals surface area contributed by atoms with Crippen LogP contribution in [0.15, 0.2) is 58.2 Å². The first kappa shape index (κ1) is 21.5. The van der Waals surface area contributed by atoms with E-state index < -0.39 is 0 Å². The highest BCUT2D eigenvalue weighted by atomic mass is 79.9. The summed E-state index contributed by atoms with van der Waals surface area (Å²) in [5.41, 5.74) is 6.40. The van der Waals surface area contributed by atoms with Crippen LogP contribution >= 0.6 is 27.7 Å². The molecule has 0 bridgehead atoms. The Kier molecular flexibility index (Phi) is 6.38.